The monoisotopic (exact) mass is 467 g/mol. The fourth-order valence-corrected chi connectivity index (χ4v) is 3.87. The minimum absolute atomic E-state index is 0.0595. The number of aromatic nitrogens is 1. The molecule has 7 heteroatoms. The number of Topliss-reactive ketones (excluding diaryl/α,β-unsaturated/α-hetero) is 1. The molecule has 0 fully saturated rings. The van der Waals surface area contributed by atoms with E-state index in [-0.39, 0.29) is 29.7 Å². The van der Waals surface area contributed by atoms with E-state index in [0.717, 1.165) is 11.1 Å². The summed E-state index contributed by atoms with van der Waals surface area (Å²) in [5, 5.41) is 5.77. The molecule has 2 amide bonds. The maximum absolute atomic E-state index is 13.2. The van der Waals surface area contributed by atoms with Crippen molar-refractivity contribution in [3.8, 4) is 0 Å². The van der Waals surface area contributed by atoms with Gasteiger partial charge in [0.05, 0.1) is 0 Å². The topological polar surface area (TPSA) is 108 Å². The molecule has 0 saturated heterocycles. The number of ketones is 1. The summed E-state index contributed by atoms with van der Waals surface area (Å²) in [6.45, 7) is 1.75. The molecular formula is C28H25N3O4. The molecule has 3 aromatic carbocycles. The predicted molar refractivity (Wildman–Crippen MR) is 134 cm³/mol. The Morgan fingerprint density at radius 1 is 0.829 bits per heavy atom. The normalized spacial score (nSPS) is 11.6. The number of para-hydroxylation sites is 1. The number of H-pyrrole nitrogens is 1. The van der Waals surface area contributed by atoms with Crippen LogP contribution >= 0.6 is 0 Å². The highest BCUT2D eigenvalue weighted by atomic mass is 16.2. The van der Waals surface area contributed by atoms with Gasteiger partial charge in [0.25, 0.3) is 11.8 Å². The number of fused-ring (bicyclic) bond motifs is 1. The van der Waals surface area contributed by atoms with E-state index in [1.165, 1.54) is 0 Å². The van der Waals surface area contributed by atoms with Gasteiger partial charge in [-0.1, -0.05) is 72.8 Å². The van der Waals surface area contributed by atoms with Gasteiger partial charge in [-0.3, -0.25) is 19.2 Å². The standard InChI is InChI=1S/C28H25N3O4/c1-18-24(30-22-15-9-8-14-21(22)25(18)32)27(34)31-23(16-19-10-4-2-5-11-19)26(33)28(35)29-17-20-12-6-3-7-13-20/h2-15,23H,16-17H2,1H3,(H,29,35)(H,30,32)(H,31,34)/t23-/m0/s1. The zero-order valence-electron chi connectivity index (χ0n) is 19.2. The summed E-state index contributed by atoms with van der Waals surface area (Å²) in [5.74, 6) is -2.19. The van der Waals surface area contributed by atoms with Crippen LogP contribution in [0.1, 0.15) is 27.2 Å². The van der Waals surface area contributed by atoms with E-state index in [1.54, 1.807) is 31.2 Å². The van der Waals surface area contributed by atoms with Gasteiger partial charge in [-0.2, -0.15) is 0 Å². The third-order valence-electron chi connectivity index (χ3n) is 5.80. The van der Waals surface area contributed by atoms with Crippen molar-refractivity contribution in [2.24, 2.45) is 0 Å². The lowest BCUT2D eigenvalue weighted by molar-refractivity contribution is -0.139. The van der Waals surface area contributed by atoms with E-state index in [0.29, 0.717) is 10.9 Å². The maximum atomic E-state index is 13.2. The van der Waals surface area contributed by atoms with Gasteiger partial charge in [0.15, 0.2) is 5.43 Å². The molecule has 4 aromatic rings. The number of carbonyl (C=O) groups is 3. The van der Waals surface area contributed by atoms with Crippen molar-refractivity contribution in [3.63, 3.8) is 0 Å². The highest BCUT2D eigenvalue weighted by Crippen LogP contribution is 2.12. The first-order valence-electron chi connectivity index (χ1n) is 11.3. The average Bonchev–Trinajstić information content (AvgIpc) is 2.89. The Kier molecular flexibility index (Phi) is 7.16. The predicted octanol–water partition coefficient (Wildman–Crippen LogP) is 3.06. The van der Waals surface area contributed by atoms with E-state index in [4.69, 9.17) is 0 Å². The summed E-state index contributed by atoms with van der Waals surface area (Å²) < 4.78 is 0. The molecule has 1 atom stereocenters. The number of benzene rings is 3. The van der Waals surface area contributed by atoms with Crippen molar-refractivity contribution < 1.29 is 14.4 Å². The van der Waals surface area contributed by atoms with Gasteiger partial charge in [0, 0.05) is 29.4 Å². The molecule has 0 aliphatic heterocycles. The van der Waals surface area contributed by atoms with Gasteiger partial charge < -0.3 is 15.6 Å². The number of hydrogen-bond acceptors (Lipinski definition) is 4. The summed E-state index contributed by atoms with van der Waals surface area (Å²) in [5.41, 5.74) is 2.17. The van der Waals surface area contributed by atoms with Crippen LogP contribution in [-0.2, 0) is 22.6 Å². The van der Waals surface area contributed by atoms with Crippen LogP contribution in [-0.4, -0.2) is 28.6 Å². The third-order valence-corrected chi connectivity index (χ3v) is 5.80. The lowest BCUT2D eigenvalue weighted by Crippen LogP contribution is -2.49. The first-order valence-corrected chi connectivity index (χ1v) is 11.3. The van der Waals surface area contributed by atoms with Crippen molar-refractivity contribution in [1.82, 2.24) is 15.6 Å². The molecule has 1 aromatic heterocycles. The number of rotatable bonds is 8. The molecule has 0 radical (unpaired) electrons. The van der Waals surface area contributed by atoms with Gasteiger partial charge in [0.1, 0.15) is 11.7 Å². The number of hydrogen-bond donors (Lipinski definition) is 3. The number of nitrogens with one attached hydrogen (secondary N) is 3. The fraction of sp³-hybridized carbons (Fsp3) is 0.143. The van der Waals surface area contributed by atoms with Gasteiger partial charge in [-0.15, -0.1) is 0 Å². The summed E-state index contributed by atoms with van der Waals surface area (Å²) in [6.07, 6.45) is 0.126. The smallest absolute Gasteiger partial charge is 0.289 e. The molecule has 4 rings (SSSR count). The molecule has 7 nitrogen and oxygen atoms in total. The summed E-state index contributed by atoms with van der Waals surface area (Å²) in [6, 6.07) is 24.1. The van der Waals surface area contributed by atoms with Crippen LogP contribution in [0.3, 0.4) is 0 Å². The quantitative estimate of drug-likeness (QED) is 0.346. The molecule has 35 heavy (non-hydrogen) atoms. The summed E-state index contributed by atoms with van der Waals surface area (Å²) in [7, 11) is 0. The van der Waals surface area contributed by atoms with E-state index < -0.39 is 23.6 Å². The van der Waals surface area contributed by atoms with Crippen molar-refractivity contribution in [2.45, 2.75) is 25.9 Å². The molecule has 3 N–H and O–H groups in total. The van der Waals surface area contributed by atoms with Crippen LogP contribution in [0.25, 0.3) is 10.9 Å². The molecule has 0 aliphatic rings. The molecule has 0 saturated carbocycles. The second-order valence-corrected chi connectivity index (χ2v) is 8.25. The van der Waals surface area contributed by atoms with Crippen LogP contribution in [0.2, 0.25) is 0 Å². The van der Waals surface area contributed by atoms with Gasteiger partial charge >= 0.3 is 0 Å². The number of amides is 2. The zero-order chi connectivity index (χ0) is 24.8. The molecule has 1 heterocycles. The number of carbonyl (C=O) groups excluding carboxylic acids is 3. The first kappa shape index (κ1) is 23.6. The van der Waals surface area contributed by atoms with E-state index in [2.05, 4.69) is 15.6 Å². The SMILES string of the molecule is Cc1c(C(=O)N[C@@H](Cc2ccccc2)C(=O)C(=O)NCc2ccccc2)[nH]c2ccccc2c1=O. The second-order valence-electron chi connectivity index (χ2n) is 8.25. The van der Waals surface area contributed by atoms with Crippen molar-refractivity contribution in [2.75, 3.05) is 0 Å². The first-order chi connectivity index (χ1) is 16.9. The number of pyridine rings is 1. The molecule has 0 unspecified atom stereocenters. The Balaban J connectivity index is 1.58. The van der Waals surface area contributed by atoms with Gasteiger partial charge in [0.2, 0.25) is 5.78 Å². The Bertz CT molecular complexity index is 1430. The largest absolute Gasteiger partial charge is 0.350 e. The Hall–Kier alpha value is -4.52. The van der Waals surface area contributed by atoms with Crippen LogP contribution in [0.5, 0.6) is 0 Å². The third kappa shape index (κ3) is 5.52. The van der Waals surface area contributed by atoms with E-state index in [9.17, 15) is 19.2 Å². The maximum Gasteiger partial charge on any atom is 0.289 e. The molecular weight excluding hydrogens is 442 g/mol. The molecule has 176 valence electrons. The van der Waals surface area contributed by atoms with Gasteiger partial charge in [-0.05, 0) is 30.2 Å². The molecule has 0 spiro atoms. The van der Waals surface area contributed by atoms with Crippen LogP contribution in [0.15, 0.2) is 89.7 Å². The summed E-state index contributed by atoms with van der Waals surface area (Å²) in [4.78, 5) is 54.8. The Morgan fingerprint density at radius 3 is 2.11 bits per heavy atom. The Morgan fingerprint density at radius 2 is 1.43 bits per heavy atom. The zero-order valence-corrected chi connectivity index (χ0v) is 19.2. The van der Waals surface area contributed by atoms with E-state index in [1.807, 2.05) is 60.7 Å². The van der Waals surface area contributed by atoms with Gasteiger partial charge in [-0.25, -0.2) is 0 Å². The van der Waals surface area contributed by atoms with Crippen molar-refractivity contribution in [3.05, 3.63) is 118 Å². The van der Waals surface area contributed by atoms with Crippen LogP contribution in [0.4, 0.5) is 0 Å². The second kappa shape index (κ2) is 10.6. The molecule has 0 aliphatic carbocycles. The van der Waals surface area contributed by atoms with Crippen LogP contribution in [0, 0.1) is 6.92 Å². The number of aromatic amines is 1. The average molecular weight is 468 g/mol. The van der Waals surface area contributed by atoms with E-state index >= 15 is 0 Å². The van der Waals surface area contributed by atoms with Crippen molar-refractivity contribution >= 4 is 28.5 Å². The highest BCUT2D eigenvalue weighted by Gasteiger charge is 2.28. The summed E-state index contributed by atoms with van der Waals surface area (Å²) >= 11 is 0. The van der Waals surface area contributed by atoms with Crippen LogP contribution < -0.4 is 16.1 Å². The molecule has 0 bridgehead atoms. The fourth-order valence-electron chi connectivity index (χ4n) is 3.87. The minimum atomic E-state index is -1.12. The minimum Gasteiger partial charge on any atom is -0.350 e. The highest BCUT2D eigenvalue weighted by molar-refractivity contribution is 6.38. The lowest BCUT2D eigenvalue weighted by atomic mass is 10.0. The lowest BCUT2D eigenvalue weighted by Gasteiger charge is -2.18. The Labute approximate surface area is 202 Å². The van der Waals surface area contributed by atoms with Crippen molar-refractivity contribution in [1.29, 1.82) is 0 Å².